The van der Waals surface area contributed by atoms with E-state index in [1.165, 1.54) is 10.9 Å². The van der Waals surface area contributed by atoms with Crippen LogP contribution in [0, 0.1) is 0 Å². The van der Waals surface area contributed by atoms with Crippen molar-refractivity contribution in [3.63, 3.8) is 0 Å². The molecule has 3 nitrogen and oxygen atoms in total. The highest BCUT2D eigenvalue weighted by Gasteiger charge is 2.18. The van der Waals surface area contributed by atoms with Gasteiger partial charge >= 0.3 is 0 Å². The van der Waals surface area contributed by atoms with Crippen LogP contribution in [0.5, 0.6) is 0 Å². The zero-order valence-electron chi connectivity index (χ0n) is 21.7. The van der Waals surface area contributed by atoms with E-state index < -0.39 is 0 Å². The number of furan rings is 2. The fourth-order valence-corrected chi connectivity index (χ4v) is 5.97. The van der Waals surface area contributed by atoms with E-state index in [4.69, 9.17) is 8.83 Å². The molecule has 3 heteroatoms. The smallest absolute Gasteiger partial charge is 0.193 e. The van der Waals surface area contributed by atoms with Gasteiger partial charge in [-0.05, 0) is 36.1 Å². The van der Waals surface area contributed by atoms with Crippen molar-refractivity contribution in [2.24, 2.45) is 0 Å². The van der Waals surface area contributed by atoms with Crippen molar-refractivity contribution in [2.45, 2.75) is 12.8 Å². The van der Waals surface area contributed by atoms with Crippen LogP contribution in [0.2, 0.25) is 0 Å². The molecule has 0 N–H and O–H groups in total. The van der Waals surface area contributed by atoms with Gasteiger partial charge in [0.15, 0.2) is 5.78 Å². The van der Waals surface area contributed by atoms with Gasteiger partial charge in [0.2, 0.25) is 0 Å². The van der Waals surface area contributed by atoms with Gasteiger partial charge in [-0.25, -0.2) is 0 Å². The Balaban J connectivity index is 1.09. The van der Waals surface area contributed by atoms with Crippen LogP contribution in [-0.2, 0) is 6.42 Å². The number of ketones is 1. The Morgan fingerprint density at radius 3 is 1.88 bits per heavy atom. The largest absolute Gasteiger partial charge is 0.456 e. The maximum atomic E-state index is 13.4. The van der Waals surface area contributed by atoms with Gasteiger partial charge in [0.25, 0.3) is 0 Å². The molecule has 190 valence electrons. The molecule has 0 atom stereocenters. The Morgan fingerprint density at radius 2 is 1.18 bits per heavy atom. The number of allylic oxidation sites excluding steroid dienone is 1. The van der Waals surface area contributed by atoms with Gasteiger partial charge in [-0.2, -0.15) is 0 Å². The van der Waals surface area contributed by atoms with Crippen LogP contribution >= 0.6 is 0 Å². The molecule has 0 spiro atoms. The molecule has 2 heterocycles. The lowest BCUT2D eigenvalue weighted by atomic mass is 9.95. The first-order valence-electron chi connectivity index (χ1n) is 13.6. The van der Waals surface area contributed by atoms with E-state index >= 15 is 0 Å². The molecule has 7 aromatic rings. The summed E-state index contributed by atoms with van der Waals surface area (Å²) in [5, 5.41) is 3.37. The molecule has 1 aliphatic rings. The number of hydrogen-bond donors (Lipinski definition) is 0. The molecule has 0 radical (unpaired) electrons. The first-order chi connectivity index (χ1) is 19.7. The predicted molar refractivity (Wildman–Crippen MR) is 162 cm³/mol. The second-order valence-corrected chi connectivity index (χ2v) is 10.3. The summed E-state index contributed by atoms with van der Waals surface area (Å²) in [6, 6.07) is 36.2. The summed E-state index contributed by atoms with van der Waals surface area (Å²) < 4.78 is 12.5. The molecular weight excluding hydrogens is 492 g/mol. The van der Waals surface area contributed by atoms with Crippen LogP contribution in [0.1, 0.15) is 33.7 Å². The van der Waals surface area contributed by atoms with Crippen molar-refractivity contribution in [2.75, 3.05) is 0 Å². The highest BCUT2D eigenvalue weighted by Crippen LogP contribution is 2.38. The number of carbonyl (C=O) groups is 1. The molecule has 1 aliphatic carbocycles. The first kappa shape index (κ1) is 22.8. The van der Waals surface area contributed by atoms with Crippen LogP contribution in [0.15, 0.2) is 124 Å². The SMILES string of the molecule is O=C(c1ccc(-c2cccc3c4c(oc23)C=CCC4)cc1)c1ccc(-c2cccc3c2oc2ccccc23)cc1. The monoisotopic (exact) mass is 516 g/mol. The Morgan fingerprint density at radius 1 is 0.575 bits per heavy atom. The highest BCUT2D eigenvalue weighted by atomic mass is 16.3. The topological polar surface area (TPSA) is 43.4 Å². The minimum atomic E-state index is -0.00291. The zero-order chi connectivity index (χ0) is 26.6. The minimum absolute atomic E-state index is 0.00291. The average Bonchev–Trinajstić information content (AvgIpc) is 3.59. The summed E-state index contributed by atoms with van der Waals surface area (Å²) in [6.45, 7) is 0. The van der Waals surface area contributed by atoms with Crippen LogP contribution in [0.4, 0.5) is 0 Å². The van der Waals surface area contributed by atoms with E-state index in [1.807, 2.05) is 66.7 Å². The second-order valence-electron chi connectivity index (χ2n) is 10.3. The lowest BCUT2D eigenvalue weighted by Crippen LogP contribution is -2.01. The van der Waals surface area contributed by atoms with Crippen molar-refractivity contribution in [3.8, 4) is 22.3 Å². The number of hydrogen-bond acceptors (Lipinski definition) is 3. The standard InChI is InChI=1S/C37H24O3/c38-35(25-19-15-23(16-20-25)27-9-5-11-31-29-7-1-3-13-33(29)39-36(27)31)26-21-17-24(18-22-26)28-10-6-12-32-30-8-2-4-14-34(30)40-37(28)32/h1,3-7,9-22H,2,8H2. The second kappa shape index (κ2) is 8.96. The van der Waals surface area contributed by atoms with Gasteiger partial charge in [-0.1, -0.05) is 109 Å². The number of benzene rings is 5. The number of para-hydroxylation sites is 3. The minimum Gasteiger partial charge on any atom is -0.456 e. The third-order valence-corrected chi connectivity index (χ3v) is 8.00. The predicted octanol–water partition coefficient (Wildman–Crippen LogP) is 9.86. The third-order valence-electron chi connectivity index (χ3n) is 8.00. The van der Waals surface area contributed by atoms with Crippen LogP contribution in [0.25, 0.3) is 61.2 Å². The Labute approximate surface area is 231 Å². The summed E-state index contributed by atoms with van der Waals surface area (Å²) in [7, 11) is 0. The maximum absolute atomic E-state index is 13.4. The summed E-state index contributed by atoms with van der Waals surface area (Å²) in [5.41, 5.74) is 9.35. The molecule has 40 heavy (non-hydrogen) atoms. The molecule has 0 fully saturated rings. The summed E-state index contributed by atoms with van der Waals surface area (Å²) >= 11 is 0. The lowest BCUT2D eigenvalue weighted by Gasteiger charge is -2.07. The molecule has 0 unspecified atom stereocenters. The summed E-state index contributed by atoms with van der Waals surface area (Å²) in [5.74, 6) is 0.956. The van der Waals surface area contributed by atoms with Crippen LogP contribution in [-0.4, -0.2) is 5.78 Å². The quantitative estimate of drug-likeness (QED) is 0.219. The molecule has 2 aromatic heterocycles. The van der Waals surface area contributed by atoms with Crippen molar-refractivity contribution in [3.05, 3.63) is 138 Å². The molecule has 0 amide bonds. The zero-order valence-corrected chi connectivity index (χ0v) is 21.7. The molecule has 0 bridgehead atoms. The third kappa shape index (κ3) is 3.55. The number of carbonyl (C=O) groups excluding carboxylic acids is 1. The maximum Gasteiger partial charge on any atom is 0.193 e. The Hall–Kier alpha value is -5.15. The number of aryl methyl sites for hydroxylation is 1. The number of fused-ring (bicyclic) bond motifs is 6. The van der Waals surface area contributed by atoms with Crippen LogP contribution < -0.4 is 0 Å². The molecule has 0 aliphatic heterocycles. The van der Waals surface area contributed by atoms with E-state index in [0.29, 0.717) is 11.1 Å². The van der Waals surface area contributed by atoms with E-state index in [-0.39, 0.29) is 5.78 Å². The van der Waals surface area contributed by atoms with Gasteiger partial charge in [0.05, 0.1) is 0 Å². The summed E-state index contributed by atoms with van der Waals surface area (Å²) in [6.07, 6.45) is 6.28. The van der Waals surface area contributed by atoms with E-state index in [1.54, 1.807) is 0 Å². The normalized spacial score (nSPS) is 12.8. The molecule has 0 saturated heterocycles. The van der Waals surface area contributed by atoms with Gasteiger partial charge in [-0.3, -0.25) is 4.79 Å². The van der Waals surface area contributed by atoms with Gasteiger partial charge in [0.1, 0.15) is 22.5 Å². The van der Waals surface area contributed by atoms with Gasteiger partial charge in [-0.15, -0.1) is 0 Å². The molecule has 0 saturated carbocycles. The molecular formula is C37H24O3. The van der Waals surface area contributed by atoms with Gasteiger partial charge < -0.3 is 8.83 Å². The molecule has 8 rings (SSSR count). The summed E-state index contributed by atoms with van der Waals surface area (Å²) in [4.78, 5) is 13.4. The van der Waals surface area contributed by atoms with Crippen molar-refractivity contribution in [1.29, 1.82) is 0 Å². The van der Waals surface area contributed by atoms with Gasteiger partial charge in [0, 0.05) is 44.0 Å². The van der Waals surface area contributed by atoms with Crippen molar-refractivity contribution in [1.82, 2.24) is 0 Å². The van der Waals surface area contributed by atoms with E-state index in [2.05, 4.69) is 54.6 Å². The van der Waals surface area contributed by atoms with Crippen LogP contribution in [0.3, 0.4) is 0 Å². The molecule has 5 aromatic carbocycles. The Bertz CT molecular complexity index is 2100. The van der Waals surface area contributed by atoms with E-state index in [9.17, 15) is 4.79 Å². The average molecular weight is 517 g/mol. The first-order valence-corrected chi connectivity index (χ1v) is 13.6. The van der Waals surface area contributed by atoms with E-state index in [0.717, 1.165) is 68.4 Å². The fraction of sp³-hybridized carbons (Fsp3) is 0.0541. The lowest BCUT2D eigenvalue weighted by molar-refractivity contribution is 0.103. The van der Waals surface area contributed by atoms with Crippen molar-refractivity contribution < 1.29 is 13.6 Å². The van der Waals surface area contributed by atoms with Crippen molar-refractivity contribution >= 4 is 44.8 Å². The number of rotatable bonds is 4. The fourth-order valence-electron chi connectivity index (χ4n) is 5.97. The highest BCUT2D eigenvalue weighted by molar-refractivity contribution is 6.11. The Kier molecular flexibility index (Phi) is 5.11.